The number of nitro groups is 1. The Hall–Kier alpha value is -2.44. The van der Waals surface area contributed by atoms with Crippen molar-refractivity contribution in [2.45, 2.75) is 32.6 Å². The SMILES string of the molecule is Cc1cc(C=O)c([N+](=O)[O-])c(OCCCCCC(=O)O)c1. The van der Waals surface area contributed by atoms with Gasteiger partial charge in [0.2, 0.25) is 0 Å². The summed E-state index contributed by atoms with van der Waals surface area (Å²) in [6, 6.07) is 2.95. The molecule has 7 heteroatoms. The Kier molecular flexibility index (Phi) is 6.32. The van der Waals surface area contributed by atoms with Crippen LogP contribution in [0.3, 0.4) is 0 Å². The molecule has 0 atom stereocenters. The molecule has 7 nitrogen and oxygen atoms in total. The largest absolute Gasteiger partial charge is 0.487 e. The summed E-state index contributed by atoms with van der Waals surface area (Å²) in [6.07, 6.45) is 2.32. The maximum atomic E-state index is 11.0. The van der Waals surface area contributed by atoms with E-state index < -0.39 is 10.9 Å². The van der Waals surface area contributed by atoms with Gasteiger partial charge < -0.3 is 9.84 Å². The zero-order chi connectivity index (χ0) is 15.8. The molecule has 0 heterocycles. The van der Waals surface area contributed by atoms with Crippen LogP contribution < -0.4 is 4.74 Å². The van der Waals surface area contributed by atoms with Crippen LogP contribution in [0.1, 0.15) is 41.6 Å². The number of carboxylic acid groups (broad SMARTS) is 1. The van der Waals surface area contributed by atoms with Crippen LogP contribution in [0.5, 0.6) is 5.75 Å². The quantitative estimate of drug-likeness (QED) is 0.325. The number of carboxylic acids is 1. The van der Waals surface area contributed by atoms with Crippen molar-refractivity contribution in [3.8, 4) is 5.75 Å². The van der Waals surface area contributed by atoms with Crippen molar-refractivity contribution in [1.82, 2.24) is 0 Å². The van der Waals surface area contributed by atoms with E-state index in [-0.39, 0.29) is 30.0 Å². The molecule has 0 bridgehead atoms. The van der Waals surface area contributed by atoms with E-state index in [0.29, 0.717) is 31.1 Å². The average molecular weight is 295 g/mol. The molecule has 114 valence electrons. The van der Waals surface area contributed by atoms with Crippen molar-refractivity contribution in [2.75, 3.05) is 6.61 Å². The smallest absolute Gasteiger partial charge is 0.321 e. The van der Waals surface area contributed by atoms with Gasteiger partial charge >= 0.3 is 11.7 Å². The van der Waals surface area contributed by atoms with Crippen molar-refractivity contribution in [1.29, 1.82) is 0 Å². The van der Waals surface area contributed by atoms with Crippen molar-refractivity contribution in [3.05, 3.63) is 33.4 Å². The van der Waals surface area contributed by atoms with E-state index in [2.05, 4.69) is 0 Å². The van der Waals surface area contributed by atoms with Crippen LogP contribution in [0.25, 0.3) is 0 Å². The van der Waals surface area contributed by atoms with Crippen LogP contribution in [0.2, 0.25) is 0 Å². The second kappa shape index (κ2) is 7.98. The first-order chi connectivity index (χ1) is 9.95. The Morgan fingerprint density at radius 3 is 2.67 bits per heavy atom. The summed E-state index contributed by atoms with van der Waals surface area (Å²) in [7, 11) is 0. The van der Waals surface area contributed by atoms with Crippen molar-refractivity contribution < 1.29 is 24.4 Å². The molecule has 0 radical (unpaired) electrons. The summed E-state index contributed by atoms with van der Waals surface area (Å²) in [5.74, 6) is -0.777. The predicted molar refractivity (Wildman–Crippen MR) is 74.8 cm³/mol. The molecule has 21 heavy (non-hydrogen) atoms. The molecule has 0 saturated heterocycles. The predicted octanol–water partition coefficient (Wildman–Crippen LogP) is 2.74. The molecule has 0 aliphatic heterocycles. The Balaban J connectivity index is 2.65. The summed E-state index contributed by atoms with van der Waals surface area (Å²) in [4.78, 5) is 31.6. The molecule has 0 unspecified atom stereocenters. The molecule has 1 aromatic rings. The number of rotatable bonds is 9. The number of hydrogen-bond donors (Lipinski definition) is 1. The second-order valence-electron chi connectivity index (χ2n) is 4.63. The number of aliphatic carboxylic acids is 1. The normalized spacial score (nSPS) is 10.1. The number of nitrogens with zero attached hydrogens (tertiary/aromatic N) is 1. The summed E-state index contributed by atoms with van der Waals surface area (Å²) >= 11 is 0. The molecule has 1 N–H and O–H groups in total. The molecule has 1 rings (SSSR count). The van der Waals surface area contributed by atoms with Crippen molar-refractivity contribution in [3.63, 3.8) is 0 Å². The number of ether oxygens (including phenoxy) is 1. The van der Waals surface area contributed by atoms with Gasteiger partial charge in [-0.05, 0) is 43.9 Å². The monoisotopic (exact) mass is 295 g/mol. The van der Waals surface area contributed by atoms with Gasteiger partial charge in [-0.3, -0.25) is 19.7 Å². The van der Waals surface area contributed by atoms with Gasteiger partial charge in [-0.2, -0.15) is 0 Å². The van der Waals surface area contributed by atoms with E-state index in [0.717, 1.165) is 0 Å². The zero-order valence-electron chi connectivity index (χ0n) is 11.7. The average Bonchev–Trinajstić information content (AvgIpc) is 2.41. The molecule has 0 amide bonds. The highest BCUT2D eigenvalue weighted by Gasteiger charge is 2.21. The van der Waals surface area contributed by atoms with E-state index in [4.69, 9.17) is 9.84 Å². The lowest BCUT2D eigenvalue weighted by Gasteiger charge is -2.09. The molecular weight excluding hydrogens is 278 g/mol. The maximum absolute atomic E-state index is 11.0. The minimum atomic E-state index is -0.846. The fourth-order valence-corrected chi connectivity index (χ4v) is 1.91. The molecule has 0 fully saturated rings. The molecule has 0 aliphatic carbocycles. The Morgan fingerprint density at radius 2 is 2.10 bits per heavy atom. The third-order valence-electron chi connectivity index (χ3n) is 2.85. The van der Waals surface area contributed by atoms with E-state index in [1.807, 2.05) is 0 Å². The van der Waals surface area contributed by atoms with Gasteiger partial charge in [-0.15, -0.1) is 0 Å². The van der Waals surface area contributed by atoms with Crippen LogP contribution in [0, 0.1) is 17.0 Å². The number of carbonyl (C=O) groups excluding carboxylic acids is 1. The van der Waals surface area contributed by atoms with Crippen molar-refractivity contribution in [2.24, 2.45) is 0 Å². The summed E-state index contributed by atoms with van der Waals surface area (Å²) in [5.41, 5.74) is 0.352. The summed E-state index contributed by atoms with van der Waals surface area (Å²) in [5, 5.41) is 19.5. The van der Waals surface area contributed by atoms with Gasteiger partial charge in [-0.25, -0.2) is 0 Å². The number of benzene rings is 1. The molecule has 0 saturated carbocycles. The third kappa shape index (κ3) is 5.21. The van der Waals surface area contributed by atoms with Crippen molar-refractivity contribution >= 4 is 17.9 Å². The van der Waals surface area contributed by atoms with Crippen LogP contribution in [0.4, 0.5) is 5.69 Å². The van der Waals surface area contributed by atoms with E-state index >= 15 is 0 Å². The van der Waals surface area contributed by atoms with Gasteiger partial charge in [-0.1, -0.05) is 0 Å². The first kappa shape index (κ1) is 16.6. The number of nitro benzene ring substituents is 1. The Bertz CT molecular complexity index is 541. The number of hydrogen-bond acceptors (Lipinski definition) is 5. The zero-order valence-corrected chi connectivity index (χ0v) is 11.7. The minimum Gasteiger partial charge on any atom is -0.487 e. The fourth-order valence-electron chi connectivity index (χ4n) is 1.91. The van der Waals surface area contributed by atoms with Crippen LogP contribution in [-0.2, 0) is 4.79 Å². The molecule has 0 aliphatic rings. The number of aryl methyl sites for hydroxylation is 1. The van der Waals surface area contributed by atoms with Gasteiger partial charge in [0.15, 0.2) is 12.0 Å². The van der Waals surface area contributed by atoms with Gasteiger partial charge in [0.25, 0.3) is 0 Å². The van der Waals surface area contributed by atoms with E-state index in [1.165, 1.54) is 12.1 Å². The van der Waals surface area contributed by atoms with Crippen LogP contribution in [0.15, 0.2) is 12.1 Å². The number of unbranched alkanes of at least 4 members (excludes halogenated alkanes) is 2. The minimum absolute atomic E-state index is 0.0131. The summed E-state index contributed by atoms with van der Waals surface area (Å²) < 4.78 is 5.38. The van der Waals surface area contributed by atoms with Crippen LogP contribution in [-0.4, -0.2) is 28.9 Å². The van der Waals surface area contributed by atoms with E-state index in [9.17, 15) is 19.7 Å². The lowest BCUT2D eigenvalue weighted by molar-refractivity contribution is -0.386. The topological polar surface area (TPSA) is 107 Å². The lowest BCUT2D eigenvalue weighted by Crippen LogP contribution is -2.04. The van der Waals surface area contributed by atoms with Gasteiger partial charge in [0.05, 0.1) is 17.1 Å². The van der Waals surface area contributed by atoms with Crippen LogP contribution >= 0.6 is 0 Å². The first-order valence-electron chi connectivity index (χ1n) is 6.54. The molecule has 0 spiro atoms. The van der Waals surface area contributed by atoms with E-state index in [1.54, 1.807) is 6.92 Å². The number of aldehydes is 1. The number of carbonyl (C=O) groups is 2. The van der Waals surface area contributed by atoms with Gasteiger partial charge in [0, 0.05) is 6.42 Å². The lowest BCUT2D eigenvalue weighted by atomic mass is 10.1. The Morgan fingerprint density at radius 1 is 1.38 bits per heavy atom. The summed E-state index contributed by atoms with van der Waals surface area (Å²) in [6.45, 7) is 1.96. The first-order valence-corrected chi connectivity index (χ1v) is 6.54. The Labute approximate surface area is 121 Å². The molecule has 0 aromatic heterocycles. The maximum Gasteiger partial charge on any atom is 0.321 e. The highest BCUT2D eigenvalue weighted by molar-refractivity contribution is 5.84. The molecule has 1 aromatic carbocycles. The fraction of sp³-hybridized carbons (Fsp3) is 0.429. The highest BCUT2D eigenvalue weighted by Crippen LogP contribution is 2.31. The molecular formula is C14H17NO6. The van der Waals surface area contributed by atoms with Gasteiger partial charge in [0.1, 0.15) is 0 Å². The second-order valence-corrected chi connectivity index (χ2v) is 4.63. The standard InChI is InChI=1S/C14H17NO6/c1-10-7-11(9-16)14(15(19)20)12(8-10)21-6-4-2-3-5-13(17)18/h7-9H,2-6H2,1H3,(H,17,18). The highest BCUT2D eigenvalue weighted by atomic mass is 16.6. The third-order valence-corrected chi connectivity index (χ3v) is 2.85.